The molecule has 0 radical (unpaired) electrons. The van der Waals surface area contributed by atoms with Crippen molar-refractivity contribution in [3.63, 3.8) is 0 Å². The standard InChI is InChI=1S/C16H25NO3/c1-6-17(10-9-15(19)20-16(3,4)5)14-11-13(18)8-7-12(14)2/h7-8,11,18H,6,9-10H2,1-5H3. The normalized spacial score (nSPS) is 11.2. The molecule has 0 spiro atoms. The first-order chi connectivity index (χ1) is 9.23. The molecule has 0 saturated heterocycles. The molecule has 0 saturated carbocycles. The first-order valence-corrected chi connectivity index (χ1v) is 6.99. The fourth-order valence-electron chi connectivity index (χ4n) is 2.01. The van der Waals surface area contributed by atoms with E-state index in [0.717, 1.165) is 17.8 Å². The minimum Gasteiger partial charge on any atom is -0.508 e. The Hall–Kier alpha value is -1.71. The van der Waals surface area contributed by atoms with Gasteiger partial charge in [0.05, 0.1) is 6.42 Å². The number of hydrogen-bond donors (Lipinski definition) is 1. The third-order valence-electron chi connectivity index (χ3n) is 2.92. The SMILES string of the molecule is CCN(CCC(=O)OC(C)(C)C)c1cc(O)ccc1C. The van der Waals surface area contributed by atoms with Crippen LogP contribution in [0.4, 0.5) is 5.69 Å². The second-order valence-electron chi connectivity index (χ2n) is 5.89. The van der Waals surface area contributed by atoms with Crippen LogP contribution in [-0.4, -0.2) is 29.8 Å². The van der Waals surface area contributed by atoms with Gasteiger partial charge in [0.2, 0.25) is 0 Å². The molecule has 1 rings (SSSR count). The number of aromatic hydroxyl groups is 1. The molecule has 0 aliphatic heterocycles. The number of carbonyl (C=O) groups is 1. The number of nitrogens with zero attached hydrogens (tertiary/aromatic N) is 1. The number of hydrogen-bond acceptors (Lipinski definition) is 4. The van der Waals surface area contributed by atoms with Gasteiger partial charge in [-0.1, -0.05) is 6.07 Å². The summed E-state index contributed by atoms with van der Waals surface area (Å²) in [5.74, 6) is 0.0371. The third-order valence-corrected chi connectivity index (χ3v) is 2.92. The van der Waals surface area contributed by atoms with Crippen molar-refractivity contribution in [2.75, 3.05) is 18.0 Å². The fourth-order valence-corrected chi connectivity index (χ4v) is 2.01. The summed E-state index contributed by atoms with van der Waals surface area (Å²) in [7, 11) is 0. The number of phenols is 1. The summed E-state index contributed by atoms with van der Waals surface area (Å²) in [4.78, 5) is 13.8. The predicted molar refractivity (Wildman–Crippen MR) is 81.2 cm³/mol. The van der Waals surface area contributed by atoms with Gasteiger partial charge in [0.1, 0.15) is 11.4 Å². The Labute approximate surface area is 121 Å². The molecule has 1 N–H and O–H groups in total. The monoisotopic (exact) mass is 279 g/mol. The number of esters is 1. The van der Waals surface area contributed by atoms with Gasteiger partial charge in [0.25, 0.3) is 0 Å². The summed E-state index contributed by atoms with van der Waals surface area (Å²) < 4.78 is 5.31. The smallest absolute Gasteiger partial charge is 0.308 e. The van der Waals surface area contributed by atoms with Crippen molar-refractivity contribution in [2.45, 2.75) is 46.6 Å². The van der Waals surface area contributed by atoms with E-state index in [-0.39, 0.29) is 11.7 Å². The molecular formula is C16H25NO3. The van der Waals surface area contributed by atoms with Gasteiger partial charge in [0, 0.05) is 24.8 Å². The molecule has 1 aromatic carbocycles. The molecule has 0 aliphatic carbocycles. The van der Waals surface area contributed by atoms with Crippen LogP contribution in [0.15, 0.2) is 18.2 Å². The van der Waals surface area contributed by atoms with Gasteiger partial charge < -0.3 is 14.7 Å². The zero-order chi connectivity index (χ0) is 15.3. The number of anilines is 1. The van der Waals surface area contributed by atoms with Crippen LogP contribution < -0.4 is 4.90 Å². The van der Waals surface area contributed by atoms with Crippen molar-refractivity contribution in [1.29, 1.82) is 0 Å². The van der Waals surface area contributed by atoms with E-state index in [1.54, 1.807) is 12.1 Å². The third kappa shape index (κ3) is 5.11. The lowest BCUT2D eigenvalue weighted by atomic mass is 10.1. The number of benzene rings is 1. The number of aryl methyl sites for hydroxylation is 1. The highest BCUT2D eigenvalue weighted by Gasteiger charge is 2.17. The summed E-state index contributed by atoms with van der Waals surface area (Å²) in [6.45, 7) is 11.0. The number of phenolic OH excluding ortho intramolecular Hbond substituents is 1. The Morgan fingerprint density at radius 3 is 2.55 bits per heavy atom. The van der Waals surface area contributed by atoms with Gasteiger partial charge in [0.15, 0.2) is 0 Å². The van der Waals surface area contributed by atoms with Crippen molar-refractivity contribution in [1.82, 2.24) is 0 Å². The van der Waals surface area contributed by atoms with Gasteiger partial charge in [-0.05, 0) is 46.2 Å². The van der Waals surface area contributed by atoms with E-state index in [1.165, 1.54) is 0 Å². The molecule has 0 amide bonds. The lowest BCUT2D eigenvalue weighted by molar-refractivity contribution is -0.154. The molecule has 20 heavy (non-hydrogen) atoms. The molecule has 0 heterocycles. The van der Waals surface area contributed by atoms with Crippen LogP contribution in [0.5, 0.6) is 5.75 Å². The van der Waals surface area contributed by atoms with Crippen molar-refractivity contribution < 1.29 is 14.6 Å². The molecule has 112 valence electrons. The van der Waals surface area contributed by atoms with Gasteiger partial charge in [-0.3, -0.25) is 4.79 Å². The molecule has 0 fully saturated rings. The fraction of sp³-hybridized carbons (Fsp3) is 0.562. The largest absolute Gasteiger partial charge is 0.508 e. The van der Waals surface area contributed by atoms with Crippen molar-refractivity contribution in [3.05, 3.63) is 23.8 Å². The second kappa shape index (κ2) is 6.64. The number of carbonyl (C=O) groups excluding carboxylic acids is 1. The zero-order valence-corrected chi connectivity index (χ0v) is 13.1. The molecular weight excluding hydrogens is 254 g/mol. The quantitative estimate of drug-likeness (QED) is 0.841. The van der Waals surface area contributed by atoms with E-state index < -0.39 is 5.60 Å². The van der Waals surface area contributed by atoms with E-state index in [9.17, 15) is 9.90 Å². The van der Waals surface area contributed by atoms with Crippen molar-refractivity contribution >= 4 is 11.7 Å². The molecule has 0 bridgehead atoms. The topological polar surface area (TPSA) is 49.8 Å². The van der Waals surface area contributed by atoms with Crippen LogP contribution in [0.2, 0.25) is 0 Å². The molecule has 4 heteroatoms. The minimum absolute atomic E-state index is 0.200. The maximum Gasteiger partial charge on any atom is 0.308 e. The molecule has 4 nitrogen and oxygen atoms in total. The maximum absolute atomic E-state index is 11.8. The van der Waals surface area contributed by atoms with Gasteiger partial charge in [-0.2, -0.15) is 0 Å². The van der Waals surface area contributed by atoms with Crippen LogP contribution >= 0.6 is 0 Å². The maximum atomic E-state index is 11.8. The average molecular weight is 279 g/mol. The summed E-state index contributed by atoms with van der Waals surface area (Å²) in [6.07, 6.45) is 0.334. The predicted octanol–water partition coefficient (Wildman–Crippen LogP) is 3.26. The van der Waals surface area contributed by atoms with E-state index in [4.69, 9.17) is 4.74 Å². The van der Waals surface area contributed by atoms with Crippen LogP contribution in [-0.2, 0) is 9.53 Å². The highest BCUT2D eigenvalue weighted by molar-refractivity contribution is 5.71. The van der Waals surface area contributed by atoms with Gasteiger partial charge >= 0.3 is 5.97 Å². The van der Waals surface area contributed by atoms with E-state index in [2.05, 4.69) is 4.90 Å². The number of ether oxygens (including phenoxy) is 1. The Balaban J connectivity index is 2.68. The second-order valence-corrected chi connectivity index (χ2v) is 5.89. The van der Waals surface area contributed by atoms with Gasteiger partial charge in [-0.15, -0.1) is 0 Å². The Morgan fingerprint density at radius 2 is 2.00 bits per heavy atom. The number of rotatable bonds is 5. The molecule has 0 aliphatic rings. The van der Waals surface area contributed by atoms with E-state index >= 15 is 0 Å². The van der Waals surface area contributed by atoms with Gasteiger partial charge in [-0.25, -0.2) is 0 Å². The lowest BCUT2D eigenvalue weighted by Crippen LogP contribution is -2.30. The Kier molecular flexibility index (Phi) is 5.43. The van der Waals surface area contributed by atoms with E-state index in [1.807, 2.05) is 40.7 Å². The zero-order valence-electron chi connectivity index (χ0n) is 13.1. The summed E-state index contributed by atoms with van der Waals surface area (Å²) in [6, 6.07) is 5.27. The molecule has 0 aromatic heterocycles. The van der Waals surface area contributed by atoms with Crippen LogP contribution in [0, 0.1) is 6.92 Å². The first-order valence-electron chi connectivity index (χ1n) is 6.99. The average Bonchev–Trinajstić information content (AvgIpc) is 2.32. The minimum atomic E-state index is -0.449. The van der Waals surface area contributed by atoms with Crippen LogP contribution in [0.25, 0.3) is 0 Å². The summed E-state index contributed by atoms with van der Waals surface area (Å²) in [5, 5.41) is 9.59. The Morgan fingerprint density at radius 1 is 1.35 bits per heavy atom. The highest BCUT2D eigenvalue weighted by atomic mass is 16.6. The van der Waals surface area contributed by atoms with Crippen molar-refractivity contribution in [2.24, 2.45) is 0 Å². The molecule has 0 unspecified atom stereocenters. The Bertz CT molecular complexity index is 463. The summed E-state index contributed by atoms with van der Waals surface area (Å²) >= 11 is 0. The van der Waals surface area contributed by atoms with Crippen LogP contribution in [0.1, 0.15) is 39.7 Å². The van der Waals surface area contributed by atoms with Crippen LogP contribution in [0.3, 0.4) is 0 Å². The highest BCUT2D eigenvalue weighted by Crippen LogP contribution is 2.25. The van der Waals surface area contributed by atoms with E-state index in [0.29, 0.717) is 13.0 Å². The summed E-state index contributed by atoms with van der Waals surface area (Å²) in [5.41, 5.74) is 1.58. The lowest BCUT2D eigenvalue weighted by Gasteiger charge is -2.26. The van der Waals surface area contributed by atoms with Crippen molar-refractivity contribution in [3.8, 4) is 5.75 Å². The molecule has 0 atom stereocenters. The molecule has 1 aromatic rings. The first kappa shape index (κ1) is 16.3.